The zero-order valence-electron chi connectivity index (χ0n) is 16.4. The minimum atomic E-state index is -3.88. The van der Waals surface area contributed by atoms with E-state index < -0.39 is 10.0 Å². The first kappa shape index (κ1) is 20.0. The van der Waals surface area contributed by atoms with Crippen LogP contribution < -0.4 is 14.2 Å². The van der Waals surface area contributed by atoms with Gasteiger partial charge in [-0.3, -0.25) is 9.52 Å². The molecule has 0 fully saturated rings. The molecule has 0 aliphatic carbocycles. The van der Waals surface area contributed by atoms with Crippen LogP contribution in [0.2, 0.25) is 0 Å². The molecule has 1 aliphatic heterocycles. The quantitative estimate of drug-likeness (QED) is 0.606. The van der Waals surface area contributed by atoms with Gasteiger partial charge in [0.25, 0.3) is 10.0 Å². The molecule has 0 saturated carbocycles. The summed E-state index contributed by atoms with van der Waals surface area (Å²) in [6, 6.07) is 18.9. The number of ether oxygens (including phenoxy) is 2. The van der Waals surface area contributed by atoms with Crippen molar-refractivity contribution in [2.45, 2.75) is 18.2 Å². The highest BCUT2D eigenvalue weighted by atomic mass is 32.2. The molecule has 30 heavy (non-hydrogen) atoms. The van der Waals surface area contributed by atoms with E-state index in [1.54, 1.807) is 18.2 Å². The van der Waals surface area contributed by atoms with Crippen LogP contribution in [0.5, 0.6) is 11.5 Å². The van der Waals surface area contributed by atoms with E-state index in [-0.39, 0.29) is 28.4 Å². The van der Waals surface area contributed by atoms with Crippen molar-refractivity contribution in [1.29, 1.82) is 0 Å². The van der Waals surface area contributed by atoms with Crippen LogP contribution >= 0.6 is 0 Å². The summed E-state index contributed by atoms with van der Waals surface area (Å²) in [4.78, 5) is 13.2. The number of carbonyl (C=O) groups is 1. The van der Waals surface area contributed by atoms with Gasteiger partial charge in [0.15, 0.2) is 17.3 Å². The van der Waals surface area contributed by atoms with E-state index >= 15 is 0 Å². The van der Waals surface area contributed by atoms with Gasteiger partial charge in [-0.2, -0.15) is 0 Å². The maximum Gasteiger partial charge on any atom is 0.261 e. The molecule has 0 spiro atoms. The number of nitrogens with one attached hydrogen (secondary N) is 1. The highest BCUT2D eigenvalue weighted by Gasteiger charge is 2.23. The predicted molar refractivity (Wildman–Crippen MR) is 114 cm³/mol. The van der Waals surface area contributed by atoms with Crippen molar-refractivity contribution < 1.29 is 22.7 Å². The number of benzene rings is 3. The van der Waals surface area contributed by atoms with Gasteiger partial charge in [-0.25, -0.2) is 8.42 Å². The van der Waals surface area contributed by atoms with Gasteiger partial charge in [0, 0.05) is 18.1 Å². The first-order valence-electron chi connectivity index (χ1n) is 9.53. The minimum absolute atomic E-state index is 0.115. The largest absolute Gasteiger partial charge is 0.486 e. The number of ketones is 1. The van der Waals surface area contributed by atoms with Crippen LogP contribution in [-0.4, -0.2) is 27.4 Å². The summed E-state index contributed by atoms with van der Waals surface area (Å²) < 4.78 is 39.6. The molecule has 0 amide bonds. The molecule has 0 saturated heterocycles. The van der Waals surface area contributed by atoms with Gasteiger partial charge >= 0.3 is 0 Å². The molecular formula is C23H21NO5S. The predicted octanol–water partition coefficient (Wildman–Crippen LogP) is 3.99. The van der Waals surface area contributed by atoms with Gasteiger partial charge in [-0.1, -0.05) is 48.0 Å². The van der Waals surface area contributed by atoms with Crippen molar-refractivity contribution in [3.63, 3.8) is 0 Å². The van der Waals surface area contributed by atoms with Crippen LogP contribution in [0.15, 0.2) is 71.6 Å². The fraction of sp³-hybridized carbons (Fsp3) is 0.174. The number of carbonyl (C=O) groups excluding carboxylic acids is 1. The Hall–Kier alpha value is -3.32. The van der Waals surface area contributed by atoms with Crippen LogP contribution in [0.1, 0.15) is 21.5 Å². The molecule has 6 nitrogen and oxygen atoms in total. The number of fused-ring (bicyclic) bond motifs is 1. The van der Waals surface area contributed by atoms with Gasteiger partial charge < -0.3 is 9.47 Å². The van der Waals surface area contributed by atoms with E-state index in [1.165, 1.54) is 18.2 Å². The monoisotopic (exact) mass is 423 g/mol. The maximum atomic E-state index is 13.1. The lowest BCUT2D eigenvalue weighted by atomic mass is 10.0. The summed E-state index contributed by atoms with van der Waals surface area (Å²) in [5.74, 6) is 0.606. The summed E-state index contributed by atoms with van der Waals surface area (Å²) >= 11 is 0. The van der Waals surface area contributed by atoms with Crippen molar-refractivity contribution in [3.05, 3.63) is 83.4 Å². The zero-order chi connectivity index (χ0) is 21.1. The minimum Gasteiger partial charge on any atom is -0.486 e. The lowest BCUT2D eigenvalue weighted by Crippen LogP contribution is -2.19. The molecular weight excluding hydrogens is 402 g/mol. The fourth-order valence-corrected chi connectivity index (χ4v) is 4.27. The Labute approximate surface area is 175 Å². The molecule has 0 radical (unpaired) electrons. The highest BCUT2D eigenvalue weighted by molar-refractivity contribution is 7.92. The molecule has 154 valence electrons. The Bertz CT molecular complexity index is 1170. The van der Waals surface area contributed by atoms with E-state index in [4.69, 9.17) is 9.47 Å². The zero-order valence-corrected chi connectivity index (χ0v) is 17.2. The SMILES string of the molecule is Cc1ccc(S(=O)(=O)Nc2cc3c(cc2C(=O)Cc2ccccc2)OCCO3)cc1. The van der Waals surface area contributed by atoms with Crippen LogP contribution in [0.3, 0.4) is 0 Å². The molecule has 3 aromatic rings. The number of sulfonamides is 1. The number of rotatable bonds is 6. The Kier molecular flexibility index (Phi) is 5.46. The average Bonchev–Trinajstić information content (AvgIpc) is 2.74. The van der Waals surface area contributed by atoms with Crippen molar-refractivity contribution in [2.24, 2.45) is 0 Å². The summed E-state index contributed by atoms with van der Waals surface area (Å²) in [5.41, 5.74) is 2.19. The van der Waals surface area contributed by atoms with E-state index in [1.807, 2.05) is 37.3 Å². The Morgan fingerprint density at radius 1 is 0.933 bits per heavy atom. The molecule has 0 unspecified atom stereocenters. The standard InChI is InChI=1S/C23H21NO5S/c1-16-7-9-18(10-8-16)30(26,27)24-20-15-23-22(28-11-12-29-23)14-19(20)21(25)13-17-5-3-2-4-6-17/h2-10,14-15,24H,11-13H2,1H3. The van der Waals surface area contributed by atoms with Crippen LogP contribution in [0, 0.1) is 6.92 Å². The van der Waals surface area contributed by atoms with Crippen LogP contribution in [0.4, 0.5) is 5.69 Å². The Morgan fingerprint density at radius 3 is 2.23 bits per heavy atom. The van der Waals surface area contributed by atoms with Gasteiger partial charge in [-0.05, 0) is 30.7 Å². The van der Waals surface area contributed by atoms with E-state index in [0.29, 0.717) is 24.7 Å². The third-order valence-corrected chi connectivity index (χ3v) is 6.15. The number of hydrogen-bond donors (Lipinski definition) is 1. The molecule has 1 heterocycles. The number of anilines is 1. The lowest BCUT2D eigenvalue weighted by Gasteiger charge is -2.21. The van der Waals surface area contributed by atoms with E-state index in [2.05, 4.69) is 4.72 Å². The topological polar surface area (TPSA) is 81.7 Å². The van der Waals surface area contributed by atoms with Crippen molar-refractivity contribution in [2.75, 3.05) is 17.9 Å². The molecule has 1 aliphatic rings. The second-order valence-corrected chi connectivity index (χ2v) is 8.73. The molecule has 0 bridgehead atoms. The van der Waals surface area contributed by atoms with Gasteiger partial charge in [0.05, 0.1) is 10.6 Å². The first-order valence-corrected chi connectivity index (χ1v) is 11.0. The highest BCUT2D eigenvalue weighted by Crippen LogP contribution is 2.37. The first-order chi connectivity index (χ1) is 14.4. The summed E-state index contributed by atoms with van der Waals surface area (Å²) in [6.07, 6.45) is 0.139. The van der Waals surface area contributed by atoms with Gasteiger partial charge in [0.2, 0.25) is 0 Å². The van der Waals surface area contributed by atoms with Crippen molar-refractivity contribution >= 4 is 21.5 Å². The molecule has 7 heteroatoms. The van der Waals surface area contributed by atoms with E-state index in [0.717, 1.165) is 11.1 Å². The second-order valence-electron chi connectivity index (χ2n) is 7.05. The number of Topliss-reactive ketones (excluding diaryl/α,β-unsaturated/α-hetero) is 1. The third-order valence-electron chi connectivity index (χ3n) is 4.77. The summed E-state index contributed by atoms with van der Waals surface area (Å²) in [5, 5.41) is 0. The van der Waals surface area contributed by atoms with E-state index in [9.17, 15) is 13.2 Å². The normalized spacial score (nSPS) is 13.0. The smallest absolute Gasteiger partial charge is 0.261 e. The average molecular weight is 423 g/mol. The Balaban J connectivity index is 1.72. The van der Waals surface area contributed by atoms with Gasteiger partial charge in [-0.15, -0.1) is 0 Å². The van der Waals surface area contributed by atoms with Crippen LogP contribution in [-0.2, 0) is 16.4 Å². The maximum absolute atomic E-state index is 13.1. The molecule has 0 aromatic heterocycles. The summed E-state index contributed by atoms with van der Waals surface area (Å²) in [7, 11) is -3.88. The Morgan fingerprint density at radius 2 is 1.57 bits per heavy atom. The van der Waals surface area contributed by atoms with Crippen LogP contribution in [0.25, 0.3) is 0 Å². The van der Waals surface area contributed by atoms with Crippen molar-refractivity contribution in [1.82, 2.24) is 0 Å². The number of hydrogen-bond acceptors (Lipinski definition) is 5. The van der Waals surface area contributed by atoms with Crippen molar-refractivity contribution in [3.8, 4) is 11.5 Å². The second kappa shape index (κ2) is 8.20. The summed E-state index contributed by atoms with van der Waals surface area (Å²) in [6.45, 7) is 2.60. The number of aryl methyl sites for hydroxylation is 1. The fourth-order valence-electron chi connectivity index (χ4n) is 3.20. The molecule has 3 aromatic carbocycles. The lowest BCUT2D eigenvalue weighted by molar-refractivity contribution is 0.0992. The molecule has 0 atom stereocenters. The third kappa shape index (κ3) is 4.31. The molecule has 4 rings (SSSR count). The van der Waals surface area contributed by atoms with Gasteiger partial charge in [0.1, 0.15) is 13.2 Å². The molecule has 1 N–H and O–H groups in total.